The molecule has 0 saturated heterocycles. The Labute approximate surface area is 83.0 Å². The number of hydrogen-bond donors (Lipinski definition) is 2. The van der Waals surface area contributed by atoms with E-state index in [2.05, 4.69) is 11.8 Å². The van der Waals surface area contributed by atoms with Gasteiger partial charge < -0.3 is 14.9 Å². The van der Waals surface area contributed by atoms with Crippen LogP contribution in [-0.2, 0) is 0 Å². The largest absolute Gasteiger partial charge is 0.491 e. The first-order valence-electron chi connectivity index (χ1n) is 4.30. The zero-order chi connectivity index (χ0) is 10.2. The Bertz CT molecular complexity index is 336. The van der Waals surface area contributed by atoms with Crippen molar-refractivity contribution < 1.29 is 14.9 Å². The van der Waals surface area contributed by atoms with Gasteiger partial charge in [-0.25, -0.2) is 0 Å². The lowest BCUT2D eigenvalue weighted by Gasteiger charge is -2.03. The number of benzene rings is 1. The standard InChI is InChI=1S/C11H12O3/c12-6-2-4-10-3-1-5-11(9-10)14-8-7-13/h1,3,5,9,12-13H,6-8H2. The second-order valence-electron chi connectivity index (χ2n) is 2.56. The topological polar surface area (TPSA) is 49.7 Å². The van der Waals surface area contributed by atoms with E-state index in [1.165, 1.54) is 0 Å². The van der Waals surface area contributed by atoms with E-state index in [1.54, 1.807) is 12.1 Å². The average molecular weight is 192 g/mol. The highest BCUT2D eigenvalue weighted by atomic mass is 16.5. The minimum Gasteiger partial charge on any atom is -0.491 e. The molecule has 0 radical (unpaired) electrons. The summed E-state index contributed by atoms with van der Waals surface area (Å²) in [4.78, 5) is 0. The van der Waals surface area contributed by atoms with E-state index in [0.29, 0.717) is 5.75 Å². The lowest BCUT2D eigenvalue weighted by atomic mass is 10.2. The number of aliphatic hydroxyl groups is 2. The molecule has 0 unspecified atom stereocenters. The van der Waals surface area contributed by atoms with E-state index >= 15 is 0 Å². The molecular formula is C11H12O3. The number of aliphatic hydroxyl groups excluding tert-OH is 2. The van der Waals surface area contributed by atoms with Crippen molar-refractivity contribution in [2.24, 2.45) is 0 Å². The molecule has 0 atom stereocenters. The molecular weight excluding hydrogens is 180 g/mol. The van der Waals surface area contributed by atoms with Gasteiger partial charge in [0.05, 0.1) is 6.61 Å². The minimum atomic E-state index is -0.151. The summed E-state index contributed by atoms with van der Waals surface area (Å²) in [5.41, 5.74) is 0.787. The molecule has 2 N–H and O–H groups in total. The Morgan fingerprint density at radius 1 is 1.29 bits per heavy atom. The molecule has 1 aromatic rings. The number of ether oxygens (including phenoxy) is 1. The van der Waals surface area contributed by atoms with E-state index < -0.39 is 0 Å². The third-order valence-corrected chi connectivity index (χ3v) is 1.51. The maximum absolute atomic E-state index is 8.55. The van der Waals surface area contributed by atoms with Crippen molar-refractivity contribution >= 4 is 0 Å². The van der Waals surface area contributed by atoms with Gasteiger partial charge in [-0.05, 0) is 18.2 Å². The van der Waals surface area contributed by atoms with Crippen molar-refractivity contribution in [1.82, 2.24) is 0 Å². The van der Waals surface area contributed by atoms with Gasteiger partial charge in [0, 0.05) is 5.56 Å². The van der Waals surface area contributed by atoms with Crippen LogP contribution in [0.15, 0.2) is 24.3 Å². The van der Waals surface area contributed by atoms with E-state index in [-0.39, 0.29) is 19.8 Å². The molecule has 1 rings (SSSR count). The molecule has 74 valence electrons. The second-order valence-corrected chi connectivity index (χ2v) is 2.56. The average Bonchev–Trinajstić information content (AvgIpc) is 2.24. The Hall–Kier alpha value is -1.50. The number of rotatable bonds is 3. The summed E-state index contributed by atoms with van der Waals surface area (Å²) in [7, 11) is 0. The molecule has 14 heavy (non-hydrogen) atoms. The third-order valence-electron chi connectivity index (χ3n) is 1.51. The fraction of sp³-hybridized carbons (Fsp3) is 0.273. The molecule has 0 amide bonds. The molecule has 0 heterocycles. The summed E-state index contributed by atoms with van der Waals surface area (Å²) >= 11 is 0. The summed E-state index contributed by atoms with van der Waals surface area (Å²) < 4.78 is 5.20. The fourth-order valence-corrected chi connectivity index (χ4v) is 0.969. The van der Waals surface area contributed by atoms with Crippen LogP contribution in [0, 0.1) is 11.8 Å². The van der Waals surface area contributed by atoms with Gasteiger partial charge in [-0.3, -0.25) is 0 Å². The third kappa shape index (κ3) is 3.48. The van der Waals surface area contributed by atoms with Crippen LogP contribution < -0.4 is 4.74 Å². The van der Waals surface area contributed by atoms with Gasteiger partial charge in [0.25, 0.3) is 0 Å². The molecule has 0 saturated carbocycles. The van der Waals surface area contributed by atoms with Crippen molar-refractivity contribution in [2.75, 3.05) is 19.8 Å². The molecule has 0 aromatic heterocycles. The van der Waals surface area contributed by atoms with Crippen molar-refractivity contribution in [2.45, 2.75) is 0 Å². The monoisotopic (exact) mass is 192 g/mol. The SMILES string of the molecule is OCC#Cc1cccc(OCCO)c1. The normalized spacial score (nSPS) is 9.00. The maximum atomic E-state index is 8.55. The molecule has 0 fully saturated rings. The predicted molar refractivity (Wildman–Crippen MR) is 53.0 cm³/mol. The molecule has 0 spiro atoms. The Kier molecular flexibility index (Phi) is 4.56. The van der Waals surface area contributed by atoms with Gasteiger partial charge in [-0.15, -0.1) is 0 Å². The van der Waals surface area contributed by atoms with Gasteiger partial charge in [-0.2, -0.15) is 0 Å². The van der Waals surface area contributed by atoms with Gasteiger partial charge in [0.1, 0.15) is 19.0 Å². The molecule has 3 heteroatoms. The lowest BCUT2D eigenvalue weighted by Crippen LogP contribution is -2.01. The van der Waals surface area contributed by atoms with Gasteiger partial charge >= 0.3 is 0 Å². The van der Waals surface area contributed by atoms with Crippen LogP contribution in [0.25, 0.3) is 0 Å². The molecule has 0 bridgehead atoms. The van der Waals surface area contributed by atoms with E-state index in [9.17, 15) is 0 Å². The quantitative estimate of drug-likeness (QED) is 0.682. The van der Waals surface area contributed by atoms with E-state index in [4.69, 9.17) is 14.9 Å². The second kappa shape index (κ2) is 6.03. The van der Waals surface area contributed by atoms with Crippen LogP contribution in [0.5, 0.6) is 5.75 Å². The summed E-state index contributed by atoms with van der Waals surface area (Å²) in [6, 6.07) is 7.20. The minimum absolute atomic E-state index is 0.00739. The fourth-order valence-electron chi connectivity index (χ4n) is 0.969. The van der Waals surface area contributed by atoms with Crippen LogP contribution in [-0.4, -0.2) is 30.0 Å². The molecule has 0 aliphatic heterocycles. The predicted octanol–water partition coefficient (Wildman–Crippen LogP) is 0.401. The molecule has 0 aliphatic rings. The summed E-state index contributed by atoms with van der Waals surface area (Å²) in [6.45, 7) is 0.116. The van der Waals surface area contributed by atoms with Gasteiger partial charge in [0.15, 0.2) is 0 Å². The van der Waals surface area contributed by atoms with Crippen LogP contribution in [0.4, 0.5) is 0 Å². The first-order valence-corrected chi connectivity index (χ1v) is 4.30. The Balaban J connectivity index is 2.68. The highest BCUT2D eigenvalue weighted by Gasteiger charge is 1.93. The zero-order valence-electron chi connectivity index (χ0n) is 7.73. The van der Waals surface area contributed by atoms with Crippen molar-refractivity contribution in [3.05, 3.63) is 29.8 Å². The first kappa shape index (κ1) is 10.6. The maximum Gasteiger partial charge on any atom is 0.120 e. The van der Waals surface area contributed by atoms with Crippen molar-refractivity contribution in [3.8, 4) is 17.6 Å². The van der Waals surface area contributed by atoms with Crippen molar-refractivity contribution in [3.63, 3.8) is 0 Å². The lowest BCUT2D eigenvalue weighted by molar-refractivity contribution is 0.201. The smallest absolute Gasteiger partial charge is 0.120 e. The Morgan fingerprint density at radius 3 is 2.86 bits per heavy atom. The highest BCUT2D eigenvalue weighted by molar-refractivity contribution is 5.39. The number of hydrogen-bond acceptors (Lipinski definition) is 3. The summed E-state index contributed by atoms with van der Waals surface area (Å²) in [5, 5.41) is 17.1. The van der Waals surface area contributed by atoms with Gasteiger partial charge in [-0.1, -0.05) is 17.9 Å². The van der Waals surface area contributed by atoms with E-state index in [1.807, 2.05) is 12.1 Å². The van der Waals surface area contributed by atoms with Gasteiger partial charge in [0.2, 0.25) is 0 Å². The van der Waals surface area contributed by atoms with Crippen LogP contribution >= 0.6 is 0 Å². The van der Waals surface area contributed by atoms with Crippen molar-refractivity contribution in [1.29, 1.82) is 0 Å². The zero-order valence-corrected chi connectivity index (χ0v) is 7.73. The summed E-state index contributed by atoms with van der Waals surface area (Å²) in [5.74, 6) is 5.99. The molecule has 1 aromatic carbocycles. The molecule has 0 aliphatic carbocycles. The van der Waals surface area contributed by atoms with E-state index in [0.717, 1.165) is 5.56 Å². The van der Waals surface area contributed by atoms with Crippen LogP contribution in [0.3, 0.4) is 0 Å². The van der Waals surface area contributed by atoms with Crippen LogP contribution in [0.1, 0.15) is 5.56 Å². The highest BCUT2D eigenvalue weighted by Crippen LogP contribution is 2.11. The first-order chi connectivity index (χ1) is 6.86. The molecule has 3 nitrogen and oxygen atoms in total. The Morgan fingerprint density at radius 2 is 2.14 bits per heavy atom. The van der Waals surface area contributed by atoms with Crippen LogP contribution in [0.2, 0.25) is 0 Å². The summed E-state index contributed by atoms with van der Waals surface area (Å²) in [6.07, 6.45) is 0.